The van der Waals surface area contributed by atoms with Crippen molar-refractivity contribution in [2.45, 2.75) is 52.9 Å². The summed E-state index contributed by atoms with van der Waals surface area (Å²) >= 11 is 0. The zero-order valence-electron chi connectivity index (χ0n) is 12.6. The van der Waals surface area contributed by atoms with Crippen LogP contribution in [0.4, 0.5) is 0 Å². The van der Waals surface area contributed by atoms with Crippen LogP contribution in [0.5, 0.6) is 0 Å². The van der Waals surface area contributed by atoms with Gasteiger partial charge in [-0.2, -0.15) is 0 Å². The number of Topliss-reactive ketones (excluding diaryl/α,β-unsaturated/α-hetero) is 2. The van der Waals surface area contributed by atoms with E-state index in [1.807, 2.05) is 32.0 Å². The highest BCUT2D eigenvalue weighted by Gasteiger charge is 2.35. The van der Waals surface area contributed by atoms with Gasteiger partial charge >= 0.3 is 0 Å². The van der Waals surface area contributed by atoms with Crippen LogP contribution < -0.4 is 0 Å². The minimum Gasteiger partial charge on any atom is -0.300 e. The summed E-state index contributed by atoms with van der Waals surface area (Å²) in [5.74, 6) is -0.0281. The Morgan fingerprint density at radius 3 is 2.00 bits per heavy atom. The molecule has 0 heterocycles. The van der Waals surface area contributed by atoms with E-state index in [2.05, 4.69) is 26.0 Å². The molecule has 1 aromatic rings. The fraction of sp³-hybridized carbons (Fsp3) is 0.529. The fourth-order valence-electron chi connectivity index (χ4n) is 2.66. The first-order chi connectivity index (χ1) is 8.65. The number of hydrogen-bond donors (Lipinski definition) is 0. The maximum Gasteiger partial charge on any atom is 0.145 e. The normalized spacial score (nSPS) is 12.3. The van der Waals surface area contributed by atoms with Gasteiger partial charge < -0.3 is 0 Å². The monoisotopic (exact) mass is 260 g/mol. The van der Waals surface area contributed by atoms with Gasteiger partial charge in [-0.3, -0.25) is 9.59 Å². The molecule has 0 spiro atoms. The average Bonchev–Trinajstić information content (AvgIpc) is 2.28. The van der Waals surface area contributed by atoms with E-state index in [4.69, 9.17) is 0 Å². The smallest absolute Gasteiger partial charge is 0.145 e. The Balaban J connectivity index is 2.87. The third-order valence-corrected chi connectivity index (χ3v) is 3.60. The molecule has 0 fully saturated rings. The van der Waals surface area contributed by atoms with Gasteiger partial charge in [-0.15, -0.1) is 0 Å². The highest BCUT2D eigenvalue weighted by molar-refractivity contribution is 6.00. The van der Waals surface area contributed by atoms with Crippen LogP contribution in [0.1, 0.15) is 53.0 Å². The number of carbonyl (C=O) groups is 2. The Labute approximate surface area is 116 Å². The highest BCUT2D eigenvalue weighted by Crippen LogP contribution is 2.37. The van der Waals surface area contributed by atoms with Gasteiger partial charge in [0.15, 0.2) is 0 Å². The van der Waals surface area contributed by atoms with Crippen molar-refractivity contribution in [2.75, 3.05) is 0 Å². The van der Waals surface area contributed by atoms with Gasteiger partial charge in [-0.05, 0) is 24.3 Å². The van der Waals surface area contributed by atoms with Crippen molar-refractivity contribution in [3.05, 3.63) is 35.9 Å². The van der Waals surface area contributed by atoms with Crippen LogP contribution in [0.3, 0.4) is 0 Å². The molecular formula is C17H24O2. The van der Waals surface area contributed by atoms with Crippen LogP contribution in [0.15, 0.2) is 30.3 Å². The molecule has 0 bridgehead atoms. The summed E-state index contributed by atoms with van der Waals surface area (Å²) in [7, 11) is 0. The van der Waals surface area contributed by atoms with E-state index < -0.39 is 5.41 Å². The summed E-state index contributed by atoms with van der Waals surface area (Å²) in [5, 5.41) is 0. The minimum absolute atomic E-state index is 0.0315. The zero-order valence-corrected chi connectivity index (χ0v) is 12.6. The van der Waals surface area contributed by atoms with Crippen molar-refractivity contribution in [3.63, 3.8) is 0 Å². The van der Waals surface area contributed by atoms with Crippen LogP contribution in [0.2, 0.25) is 0 Å². The number of hydrogen-bond acceptors (Lipinski definition) is 2. The molecule has 2 nitrogen and oxygen atoms in total. The maximum atomic E-state index is 12.2. The summed E-state index contributed by atoms with van der Waals surface area (Å²) in [5.41, 5.74) is 0.654. The standard InChI is InChI=1S/C17H24O2/c1-13(18)11-15(19)17(4,5)12-16(2,3)14-9-7-6-8-10-14/h6-10H,11-12H2,1-5H3. The molecule has 2 heteroatoms. The van der Waals surface area contributed by atoms with Crippen molar-refractivity contribution in [1.82, 2.24) is 0 Å². The first-order valence-electron chi connectivity index (χ1n) is 6.73. The van der Waals surface area contributed by atoms with E-state index in [0.717, 1.165) is 6.42 Å². The summed E-state index contributed by atoms with van der Waals surface area (Å²) in [6.07, 6.45) is 0.772. The molecule has 0 aliphatic carbocycles. The molecule has 1 aromatic carbocycles. The third kappa shape index (κ3) is 4.30. The Kier molecular flexibility index (Phi) is 4.67. The van der Waals surface area contributed by atoms with E-state index >= 15 is 0 Å². The predicted molar refractivity (Wildman–Crippen MR) is 78.2 cm³/mol. The largest absolute Gasteiger partial charge is 0.300 e. The molecule has 0 radical (unpaired) electrons. The molecule has 0 aliphatic heterocycles. The van der Waals surface area contributed by atoms with Crippen LogP contribution in [0.25, 0.3) is 0 Å². The van der Waals surface area contributed by atoms with Gasteiger partial charge in [-0.1, -0.05) is 58.0 Å². The lowest BCUT2D eigenvalue weighted by atomic mass is 9.69. The molecule has 1 rings (SSSR count). The molecular weight excluding hydrogens is 236 g/mol. The number of rotatable bonds is 6. The maximum absolute atomic E-state index is 12.2. The summed E-state index contributed by atoms with van der Waals surface area (Å²) in [6, 6.07) is 10.2. The Morgan fingerprint density at radius 2 is 1.53 bits per heavy atom. The van der Waals surface area contributed by atoms with Crippen molar-refractivity contribution in [3.8, 4) is 0 Å². The molecule has 19 heavy (non-hydrogen) atoms. The number of benzene rings is 1. The van der Waals surface area contributed by atoms with Gasteiger partial charge in [0.1, 0.15) is 11.6 Å². The molecule has 0 saturated carbocycles. The van der Waals surface area contributed by atoms with Gasteiger partial charge in [0, 0.05) is 5.41 Å². The van der Waals surface area contributed by atoms with Gasteiger partial charge in [0.2, 0.25) is 0 Å². The third-order valence-electron chi connectivity index (χ3n) is 3.60. The second-order valence-electron chi connectivity index (χ2n) is 6.61. The highest BCUT2D eigenvalue weighted by atomic mass is 16.1. The molecule has 0 unspecified atom stereocenters. The molecule has 0 amide bonds. The van der Waals surface area contributed by atoms with Crippen molar-refractivity contribution in [2.24, 2.45) is 5.41 Å². The topological polar surface area (TPSA) is 34.1 Å². The Bertz CT molecular complexity index is 455. The van der Waals surface area contributed by atoms with Crippen molar-refractivity contribution >= 4 is 11.6 Å². The van der Waals surface area contributed by atoms with Gasteiger partial charge in [-0.25, -0.2) is 0 Å². The molecule has 0 aliphatic rings. The number of carbonyl (C=O) groups excluding carboxylic acids is 2. The van der Waals surface area contributed by atoms with Crippen LogP contribution in [0, 0.1) is 5.41 Å². The van der Waals surface area contributed by atoms with Crippen molar-refractivity contribution < 1.29 is 9.59 Å². The van der Waals surface area contributed by atoms with Gasteiger partial charge in [0.05, 0.1) is 6.42 Å². The average molecular weight is 260 g/mol. The summed E-state index contributed by atoms with van der Waals surface area (Å²) in [4.78, 5) is 23.3. The molecule has 0 aromatic heterocycles. The fourth-order valence-corrected chi connectivity index (χ4v) is 2.66. The molecule has 0 atom stereocenters. The molecule has 104 valence electrons. The van der Waals surface area contributed by atoms with Crippen molar-refractivity contribution in [1.29, 1.82) is 0 Å². The molecule has 0 saturated heterocycles. The predicted octanol–water partition coefficient (Wildman–Crippen LogP) is 3.93. The lowest BCUT2D eigenvalue weighted by molar-refractivity contribution is -0.132. The molecule has 0 N–H and O–H groups in total. The Hall–Kier alpha value is -1.44. The first-order valence-corrected chi connectivity index (χ1v) is 6.73. The second-order valence-corrected chi connectivity index (χ2v) is 6.61. The van der Waals surface area contributed by atoms with E-state index in [1.54, 1.807) is 0 Å². The van der Waals surface area contributed by atoms with E-state index in [-0.39, 0.29) is 23.4 Å². The number of ketones is 2. The Morgan fingerprint density at radius 1 is 1.00 bits per heavy atom. The SMILES string of the molecule is CC(=O)CC(=O)C(C)(C)CC(C)(C)c1ccccc1. The lowest BCUT2D eigenvalue weighted by Gasteiger charge is -2.34. The lowest BCUT2D eigenvalue weighted by Crippen LogP contribution is -2.33. The van der Waals surface area contributed by atoms with E-state index in [9.17, 15) is 9.59 Å². The van der Waals surface area contributed by atoms with Crippen LogP contribution >= 0.6 is 0 Å². The van der Waals surface area contributed by atoms with Gasteiger partial charge in [0.25, 0.3) is 0 Å². The second kappa shape index (κ2) is 5.68. The van der Waals surface area contributed by atoms with Crippen LogP contribution in [-0.2, 0) is 15.0 Å². The van der Waals surface area contributed by atoms with E-state index in [1.165, 1.54) is 12.5 Å². The summed E-state index contributed by atoms with van der Waals surface area (Å²) < 4.78 is 0. The quantitative estimate of drug-likeness (QED) is 0.726. The minimum atomic E-state index is -0.481. The van der Waals surface area contributed by atoms with E-state index in [0.29, 0.717) is 0 Å². The summed E-state index contributed by atoms with van der Waals surface area (Å²) in [6.45, 7) is 9.62. The first kappa shape index (κ1) is 15.6. The zero-order chi connectivity index (χ0) is 14.7. The van der Waals surface area contributed by atoms with Crippen LogP contribution in [-0.4, -0.2) is 11.6 Å².